The van der Waals surface area contributed by atoms with Gasteiger partial charge in [0.1, 0.15) is 0 Å². The number of aryl methyl sites for hydroxylation is 1. The zero-order valence-electron chi connectivity index (χ0n) is 15.3. The van der Waals surface area contributed by atoms with E-state index in [1.807, 2.05) is 62.0 Å². The predicted molar refractivity (Wildman–Crippen MR) is 105 cm³/mol. The Morgan fingerprint density at radius 1 is 1.12 bits per heavy atom. The molecule has 0 saturated carbocycles. The number of hydrogen-bond donors (Lipinski definition) is 1. The number of hydrogen-bond acceptors (Lipinski definition) is 2. The van der Waals surface area contributed by atoms with Gasteiger partial charge in [-0.2, -0.15) is 5.10 Å². The van der Waals surface area contributed by atoms with Crippen molar-refractivity contribution in [3.05, 3.63) is 83.7 Å². The van der Waals surface area contributed by atoms with Crippen molar-refractivity contribution in [1.29, 1.82) is 0 Å². The number of carbonyl (C=O) groups is 1. The van der Waals surface area contributed by atoms with Crippen LogP contribution in [0.15, 0.2) is 66.9 Å². The molecule has 4 nitrogen and oxygen atoms in total. The molecule has 0 unspecified atom stereocenters. The Morgan fingerprint density at radius 3 is 2.54 bits per heavy atom. The molecule has 0 aliphatic carbocycles. The van der Waals surface area contributed by atoms with Crippen molar-refractivity contribution >= 4 is 12.0 Å². The minimum Gasteiger partial charge on any atom is -0.346 e. The monoisotopic (exact) mass is 345 g/mol. The van der Waals surface area contributed by atoms with Gasteiger partial charge in [-0.3, -0.25) is 9.48 Å². The molecule has 0 bridgehead atoms. The third-order valence-electron chi connectivity index (χ3n) is 4.52. The van der Waals surface area contributed by atoms with Gasteiger partial charge in [0.2, 0.25) is 5.91 Å². The molecule has 0 saturated heterocycles. The molecule has 0 radical (unpaired) electrons. The predicted octanol–water partition coefficient (Wildman–Crippen LogP) is 4.29. The third-order valence-corrected chi connectivity index (χ3v) is 4.52. The van der Waals surface area contributed by atoms with Crippen LogP contribution in [-0.2, 0) is 11.8 Å². The van der Waals surface area contributed by atoms with E-state index < -0.39 is 0 Å². The van der Waals surface area contributed by atoms with Crippen LogP contribution in [0.25, 0.3) is 17.2 Å². The molecular formula is C22H23N3O. The van der Waals surface area contributed by atoms with Gasteiger partial charge in [0.15, 0.2) is 0 Å². The van der Waals surface area contributed by atoms with Gasteiger partial charge in [0.05, 0.1) is 12.2 Å². The van der Waals surface area contributed by atoms with Crippen molar-refractivity contribution in [1.82, 2.24) is 15.1 Å². The van der Waals surface area contributed by atoms with E-state index in [9.17, 15) is 4.79 Å². The normalized spacial score (nSPS) is 12.3. The number of amides is 1. The van der Waals surface area contributed by atoms with Crippen molar-refractivity contribution in [3.8, 4) is 11.1 Å². The summed E-state index contributed by atoms with van der Waals surface area (Å²) in [5, 5.41) is 7.21. The highest BCUT2D eigenvalue weighted by atomic mass is 16.1. The molecule has 4 heteroatoms. The van der Waals surface area contributed by atoms with E-state index >= 15 is 0 Å². The van der Waals surface area contributed by atoms with Gasteiger partial charge >= 0.3 is 0 Å². The standard InChI is InChI=1S/C22H23N3O/c1-16(21-15-23-25(3)17(21)2)24-22(26)13-12-18-8-7-11-20(14-18)19-9-5-4-6-10-19/h4-16H,1-3H3,(H,24,26)/b13-12-/t16-/m1/s1. The highest BCUT2D eigenvalue weighted by molar-refractivity contribution is 5.92. The van der Waals surface area contributed by atoms with Crippen molar-refractivity contribution in [2.45, 2.75) is 19.9 Å². The van der Waals surface area contributed by atoms with E-state index in [1.165, 1.54) is 0 Å². The average molecular weight is 345 g/mol. The van der Waals surface area contributed by atoms with Crippen LogP contribution in [0.2, 0.25) is 0 Å². The molecule has 0 spiro atoms. The maximum Gasteiger partial charge on any atom is 0.244 e. The Hall–Kier alpha value is -3.14. The quantitative estimate of drug-likeness (QED) is 0.701. The largest absolute Gasteiger partial charge is 0.346 e. The smallest absolute Gasteiger partial charge is 0.244 e. The molecule has 1 amide bonds. The van der Waals surface area contributed by atoms with Gasteiger partial charge in [-0.15, -0.1) is 0 Å². The fourth-order valence-corrected chi connectivity index (χ4v) is 2.90. The molecule has 1 N–H and O–H groups in total. The van der Waals surface area contributed by atoms with Crippen molar-refractivity contribution in [2.24, 2.45) is 7.05 Å². The van der Waals surface area contributed by atoms with Crippen molar-refractivity contribution in [2.75, 3.05) is 0 Å². The molecule has 0 aliphatic rings. The van der Waals surface area contributed by atoms with Crippen LogP contribution in [-0.4, -0.2) is 15.7 Å². The molecule has 1 atom stereocenters. The van der Waals surface area contributed by atoms with Gasteiger partial charge in [-0.05, 0) is 42.7 Å². The van der Waals surface area contributed by atoms with Gasteiger partial charge in [0.25, 0.3) is 0 Å². The van der Waals surface area contributed by atoms with E-state index in [2.05, 4.69) is 34.7 Å². The second kappa shape index (κ2) is 7.83. The Labute approximate surface area is 154 Å². The zero-order chi connectivity index (χ0) is 18.5. The lowest BCUT2D eigenvalue weighted by atomic mass is 10.0. The van der Waals surface area contributed by atoms with E-state index in [-0.39, 0.29) is 11.9 Å². The summed E-state index contributed by atoms with van der Waals surface area (Å²) in [6.07, 6.45) is 5.21. The third kappa shape index (κ3) is 4.09. The zero-order valence-corrected chi connectivity index (χ0v) is 15.3. The highest BCUT2D eigenvalue weighted by Gasteiger charge is 2.13. The van der Waals surface area contributed by atoms with Crippen LogP contribution in [0.1, 0.15) is 29.8 Å². The first-order chi connectivity index (χ1) is 12.5. The fourth-order valence-electron chi connectivity index (χ4n) is 2.90. The summed E-state index contributed by atoms with van der Waals surface area (Å²) in [5.41, 5.74) is 5.37. The average Bonchev–Trinajstić information content (AvgIpc) is 3.00. The number of nitrogens with one attached hydrogen (secondary N) is 1. The first kappa shape index (κ1) is 17.7. The maximum absolute atomic E-state index is 12.2. The number of carbonyl (C=O) groups excluding carboxylic acids is 1. The van der Waals surface area contributed by atoms with Crippen molar-refractivity contribution in [3.63, 3.8) is 0 Å². The Kier molecular flexibility index (Phi) is 5.32. The molecule has 3 aromatic rings. The first-order valence-corrected chi connectivity index (χ1v) is 8.67. The molecule has 3 rings (SSSR count). The van der Waals surface area contributed by atoms with E-state index in [0.29, 0.717) is 0 Å². The summed E-state index contributed by atoms with van der Waals surface area (Å²) in [5.74, 6) is -0.120. The van der Waals surface area contributed by atoms with Crippen LogP contribution < -0.4 is 5.32 Å². The van der Waals surface area contributed by atoms with Crippen LogP contribution in [0, 0.1) is 6.92 Å². The summed E-state index contributed by atoms with van der Waals surface area (Å²) < 4.78 is 1.81. The molecule has 0 fully saturated rings. The molecular weight excluding hydrogens is 322 g/mol. The minimum atomic E-state index is -0.120. The van der Waals surface area contributed by atoms with Gasteiger partial charge in [0, 0.05) is 24.4 Å². The SMILES string of the molecule is Cc1c([C@@H](C)NC(=O)/C=C\c2cccc(-c3ccccc3)c2)cnn1C. The number of nitrogens with zero attached hydrogens (tertiary/aromatic N) is 2. The highest BCUT2D eigenvalue weighted by Crippen LogP contribution is 2.20. The minimum absolute atomic E-state index is 0.0866. The van der Waals surface area contributed by atoms with E-state index in [0.717, 1.165) is 27.9 Å². The Balaban J connectivity index is 1.68. The molecule has 0 aliphatic heterocycles. The van der Waals surface area contributed by atoms with Crippen LogP contribution in [0.3, 0.4) is 0 Å². The van der Waals surface area contributed by atoms with Crippen LogP contribution in [0.5, 0.6) is 0 Å². The second-order valence-electron chi connectivity index (χ2n) is 6.36. The lowest BCUT2D eigenvalue weighted by Crippen LogP contribution is -2.24. The van der Waals surface area contributed by atoms with Crippen molar-refractivity contribution < 1.29 is 4.79 Å². The van der Waals surface area contributed by atoms with Gasteiger partial charge in [-0.25, -0.2) is 0 Å². The molecule has 132 valence electrons. The summed E-state index contributed by atoms with van der Waals surface area (Å²) in [6, 6.07) is 18.3. The number of rotatable bonds is 5. The summed E-state index contributed by atoms with van der Waals surface area (Å²) in [4.78, 5) is 12.2. The van der Waals surface area contributed by atoms with E-state index in [1.54, 1.807) is 12.3 Å². The van der Waals surface area contributed by atoms with Gasteiger partial charge < -0.3 is 5.32 Å². The lowest BCUT2D eigenvalue weighted by Gasteiger charge is -2.12. The lowest BCUT2D eigenvalue weighted by molar-refractivity contribution is -0.117. The second-order valence-corrected chi connectivity index (χ2v) is 6.36. The maximum atomic E-state index is 12.2. The summed E-state index contributed by atoms with van der Waals surface area (Å²) in [7, 11) is 1.90. The molecule has 1 heterocycles. The Bertz CT molecular complexity index is 926. The van der Waals surface area contributed by atoms with Gasteiger partial charge in [-0.1, -0.05) is 48.5 Å². The Morgan fingerprint density at radius 2 is 1.85 bits per heavy atom. The molecule has 1 aromatic heterocycles. The molecule has 26 heavy (non-hydrogen) atoms. The topological polar surface area (TPSA) is 46.9 Å². The number of aromatic nitrogens is 2. The van der Waals surface area contributed by atoms with Crippen LogP contribution in [0.4, 0.5) is 0 Å². The molecule has 2 aromatic carbocycles. The summed E-state index contributed by atoms with van der Waals surface area (Å²) in [6.45, 7) is 3.96. The first-order valence-electron chi connectivity index (χ1n) is 8.67. The fraction of sp³-hybridized carbons (Fsp3) is 0.182. The number of benzene rings is 2. The van der Waals surface area contributed by atoms with Crippen LogP contribution >= 0.6 is 0 Å². The summed E-state index contributed by atoms with van der Waals surface area (Å²) >= 11 is 0. The van der Waals surface area contributed by atoms with E-state index in [4.69, 9.17) is 0 Å².